The fourth-order valence-electron chi connectivity index (χ4n) is 4.98. The van der Waals surface area contributed by atoms with Gasteiger partial charge in [0.15, 0.2) is 11.6 Å². The number of alkyl halides is 3. The summed E-state index contributed by atoms with van der Waals surface area (Å²) in [5.74, 6) is -1.92. The van der Waals surface area contributed by atoms with Crippen molar-refractivity contribution < 1.29 is 31.5 Å². The van der Waals surface area contributed by atoms with Crippen LogP contribution in [0.3, 0.4) is 0 Å². The second-order valence-electron chi connectivity index (χ2n) is 9.45. The second-order valence-corrected chi connectivity index (χ2v) is 9.45. The molecule has 1 atom stereocenters. The molecule has 1 fully saturated rings. The molecule has 1 aliphatic rings. The number of nitrogens with one attached hydrogen (secondary N) is 2. The van der Waals surface area contributed by atoms with Gasteiger partial charge < -0.3 is 15.4 Å². The van der Waals surface area contributed by atoms with Crippen molar-refractivity contribution in [3.63, 3.8) is 0 Å². The Morgan fingerprint density at radius 3 is 2.26 bits per heavy atom. The standard InChI is InChI=1S/C29H29F5N2O2/c1-2-38-26-17-20(12-13-25(26)31)28(18-19-8-4-3-5-9-19,36-27(37)35-24-10-6-7-11-24)21-14-22(29(32,33)34)16-23(30)15-21/h3-5,8-9,12-17,24H,2,6-7,10-11,18H2,1H3,(H2,35,36,37). The lowest BCUT2D eigenvalue weighted by molar-refractivity contribution is -0.137. The number of amides is 2. The maximum Gasteiger partial charge on any atom is 0.416 e. The average molecular weight is 533 g/mol. The molecule has 4 rings (SSSR count). The van der Waals surface area contributed by atoms with Crippen molar-refractivity contribution in [1.29, 1.82) is 0 Å². The van der Waals surface area contributed by atoms with Crippen LogP contribution in [-0.4, -0.2) is 18.7 Å². The Hall–Kier alpha value is -3.62. The highest BCUT2D eigenvalue weighted by Gasteiger charge is 2.40. The van der Waals surface area contributed by atoms with Crippen LogP contribution in [-0.2, 0) is 18.1 Å². The molecule has 0 heterocycles. The number of hydrogen-bond acceptors (Lipinski definition) is 2. The van der Waals surface area contributed by atoms with Gasteiger partial charge in [0.2, 0.25) is 0 Å². The van der Waals surface area contributed by atoms with Gasteiger partial charge in [-0.2, -0.15) is 13.2 Å². The van der Waals surface area contributed by atoms with Crippen molar-refractivity contribution in [3.8, 4) is 5.75 Å². The van der Waals surface area contributed by atoms with Gasteiger partial charge in [0.25, 0.3) is 0 Å². The zero-order valence-electron chi connectivity index (χ0n) is 20.9. The lowest BCUT2D eigenvalue weighted by Gasteiger charge is -2.37. The van der Waals surface area contributed by atoms with E-state index in [1.807, 2.05) is 0 Å². The Morgan fingerprint density at radius 1 is 0.921 bits per heavy atom. The van der Waals surface area contributed by atoms with Crippen LogP contribution in [0, 0.1) is 11.6 Å². The number of urea groups is 1. The number of halogens is 5. The molecule has 3 aromatic rings. The number of carbonyl (C=O) groups excluding carboxylic acids is 1. The van der Waals surface area contributed by atoms with Crippen molar-refractivity contribution >= 4 is 6.03 Å². The Kier molecular flexibility index (Phi) is 8.23. The first-order valence-electron chi connectivity index (χ1n) is 12.5. The highest BCUT2D eigenvalue weighted by atomic mass is 19.4. The van der Waals surface area contributed by atoms with Gasteiger partial charge in [-0.25, -0.2) is 13.6 Å². The van der Waals surface area contributed by atoms with Crippen molar-refractivity contribution in [1.82, 2.24) is 10.6 Å². The largest absolute Gasteiger partial charge is 0.491 e. The summed E-state index contributed by atoms with van der Waals surface area (Å²) in [5.41, 5.74) is -2.13. The fraction of sp³-hybridized carbons (Fsp3) is 0.345. The van der Waals surface area contributed by atoms with E-state index in [2.05, 4.69) is 10.6 Å². The number of ether oxygens (including phenoxy) is 1. The van der Waals surface area contributed by atoms with Crippen LogP contribution in [0.1, 0.15) is 54.9 Å². The second kappa shape index (κ2) is 11.4. The molecule has 0 bridgehead atoms. The third-order valence-corrected chi connectivity index (χ3v) is 6.77. The minimum Gasteiger partial charge on any atom is -0.491 e. The summed E-state index contributed by atoms with van der Waals surface area (Å²) < 4.78 is 76.1. The minimum atomic E-state index is -4.83. The zero-order valence-corrected chi connectivity index (χ0v) is 20.9. The Bertz CT molecular complexity index is 1260. The molecule has 2 amide bonds. The van der Waals surface area contributed by atoms with Crippen molar-refractivity contribution in [2.75, 3.05) is 6.61 Å². The smallest absolute Gasteiger partial charge is 0.416 e. The molecule has 202 valence electrons. The molecule has 0 radical (unpaired) electrons. The third kappa shape index (κ3) is 6.26. The number of carbonyl (C=O) groups is 1. The van der Waals surface area contributed by atoms with Gasteiger partial charge in [0.1, 0.15) is 5.82 Å². The van der Waals surface area contributed by atoms with E-state index in [0.717, 1.165) is 43.9 Å². The molecule has 3 aromatic carbocycles. The minimum absolute atomic E-state index is 0.0378. The van der Waals surface area contributed by atoms with Crippen molar-refractivity contribution in [2.45, 2.75) is 56.8 Å². The predicted molar refractivity (Wildman–Crippen MR) is 134 cm³/mol. The van der Waals surface area contributed by atoms with E-state index in [4.69, 9.17) is 4.74 Å². The lowest BCUT2D eigenvalue weighted by Crippen LogP contribution is -2.53. The normalized spacial score (nSPS) is 15.6. The van der Waals surface area contributed by atoms with Gasteiger partial charge in [-0.15, -0.1) is 0 Å². The quantitative estimate of drug-likeness (QED) is 0.304. The molecule has 0 aromatic heterocycles. The van der Waals surface area contributed by atoms with E-state index < -0.39 is 34.9 Å². The molecule has 2 N–H and O–H groups in total. The maximum atomic E-state index is 14.8. The highest BCUT2D eigenvalue weighted by Crippen LogP contribution is 2.39. The molecule has 1 aliphatic carbocycles. The Labute approximate surface area is 218 Å². The van der Waals surface area contributed by atoms with Gasteiger partial charge in [-0.1, -0.05) is 49.2 Å². The molecule has 0 spiro atoms. The summed E-state index contributed by atoms with van der Waals surface area (Å²) in [6, 6.07) is 14.1. The Morgan fingerprint density at radius 2 is 1.61 bits per heavy atom. The topological polar surface area (TPSA) is 50.4 Å². The fourth-order valence-corrected chi connectivity index (χ4v) is 4.98. The van der Waals surface area contributed by atoms with Gasteiger partial charge in [-0.3, -0.25) is 0 Å². The third-order valence-electron chi connectivity index (χ3n) is 6.77. The van der Waals surface area contributed by atoms with E-state index in [9.17, 15) is 26.7 Å². The van der Waals surface area contributed by atoms with Crippen LogP contribution in [0.15, 0.2) is 66.7 Å². The van der Waals surface area contributed by atoms with Gasteiger partial charge in [0, 0.05) is 12.5 Å². The Balaban J connectivity index is 1.94. The molecule has 1 saturated carbocycles. The van der Waals surface area contributed by atoms with E-state index in [-0.39, 0.29) is 35.9 Å². The van der Waals surface area contributed by atoms with E-state index in [1.165, 1.54) is 12.1 Å². The first-order chi connectivity index (χ1) is 18.1. The predicted octanol–water partition coefficient (Wildman–Crippen LogP) is 7.11. The summed E-state index contributed by atoms with van der Waals surface area (Å²) in [4.78, 5) is 13.4. The summed E-state index contributed by atoms with van der Waals surface area (Å²) in [6.45, 7) is 1.80. The number of benzene rings is 3. The van der Waals surface area contributed by atoms with Gasteiger partial charge >= 0.3 is 12.2 Å². The molecular weight excluding hydrogens is 503 g/mol. The SMILES string of the molecule is CCOc1cc(C(Cc2ccccc2)(NC(=O)NC2CCCC2)c2cc(F)cc(C(F)(F)F)c2)ccc1F. The summed E-state index contributed by atoms with van der Waals surface area (Å²) in [6.07, 6.45) is -1.40. The van der Waals surface area contributed by atoms with Crippen molar-refractivity contribution in [3.05, 3.63) is 101 Å². The highest BCUT2D eigenvalue weighted by molar-refractivity contribution is 5.76. The van der Waals surface area contributed by atoms with E-state index >= 15 is 0 Å². The van der Waals surface area contributed by atoms with Gasteiger partial charge in [-0.05, 0) is 66.8 Å². The molecular formula is C29H29F5N2O2. The first-order valence-corrected chi connectivity index (χ1v) is 12.5. The van der Waals surface area contributed by atoms with Crippen LogP contribution in [0.4, 0.5) is 26.7 Å². The van der Waals surface area contributed by atoms with E-state index in [1.54, 1.807) is 37.3 Å². The van der Waals surface area contributed by atoms with E-state index in [0.29, 0.717) is 11.6 Å². The number of hydrogen-bond donors (Lipinski definition) is 2. The molecule has 38 heavy (non-hydrogen) atoms. The van der Waals surface area contributed by atoms with Crippen LogP contribution in [0.2, 0.25) is 0 Å². The van der Waals surface area contributed by atoms with Crippen LogP contribution < -0.4 is 15.4 Å². The molecule has 1 unspecified atom stereocenters. The van der Waals surface area contributed by atoms with Gasteiger partial charge in [0.05, 0.1) is 17.7 Å². The number of rotatable bonds is 8. The van der Waals surface area contributed by atoms with Crippen LogP contribution in [0.25, 0.3) is 0 Å². The maximum absolute atomic E-state index is 14.8. The monoisotopic (exact) mass is 532 g/mol. The van der Waals surface area contributed by atoms with Crippen LogP contribution in [0.5, 0.6) is 5.75 Å². The zero-order chi connectivity index (χ0) is 27.3. The van der Waals surface area contributed by atoms with Crippen LogP contribution >= 0.6 is 0 Å². The molecule has 0 aliphatic heterocycles. The van der Waals surface area contributed by atoms with Crippen molar-refractivity contribution in [2.24, 2.45) is 0 Å². The average Bonchev–Trinajstić information content (AvgIpc) is 3.37. The summed E-state index contributed by atoms with van der Waals surface area (Å²) in [5, 5.41) is 5.77. The molecule has 4 nitrogen and oxygen atoms in total. The molecule has 0 saturated heterocycles. The molecule has 9 heteroatoms. The first kappa shape index (κ1) is 27.4. The lowest BCUT2D eigenvalue weighted by atomic mass is 9.77. The summed E-state index contributed by atoms with van der Waals surface area (Å²) in [7, 11) is 0. The summed E-state index contributed by atoms with van der Waals surface area (Å²) >= 11 is 0.